The highest BCUT2D eigenvalue weighted by molar-refractivity contribution is 7.26. The van der Waals surface area contributed by atoms with Crippen LogP contribution in [0.15, 0.2) is 188 Å². The first kappa shape index (κ1) is 28.3. The van der Waals surface area contributed by atoms with Crippen molar-refractivity contribution < 1.29 is 0 Å². The van der Waals surface area contributed by atoms with Gasteiger partial charge in [-0.3, -0.25) is 0 Å². The third-order valence-electron chi connectivity index (χ3n) is 9.30. The van der Waals surface area contributed by atoms with Gasteiger partial charge < -0.3 is 4.90 Å². The molecule has 0 unspecified atom stereocenters. The summed E-state index contributed by atoms with van der Waals surface area (Å²) in [7, 11) is 0. The fourth-order valence-electron chi connectivity index (χ4n) is 7.14. The molecule has 2 heteroatoms. The number of thiophene rings is 1. The van der Waals surface area contributed by atoms with Crippen LogP contribution in [0.5, 0.6) is 0 Å². The van der Waals surface area contributed by atoms with Crippen LogP contribution in [0, 0.1) is 0 Å². The van der Waals surface area contributed by atoms with Crippen LogP contribution >= 0.6 is 11.3 Å². The van der Waals surface area contributed by atoms with Gasteiger partial charge in [0.25, 0.3) is 0 Å². The molecule has 0 amide bonds. The van der Waals surface area contributed by atoms with Crippen molar-refractivity contribution in [3.8, 4) is 33.4 Å². The van der Waals surface area contributed by atoms with E-state index < -0.39 is 0 Å². The first-order chi connectivity index (χ1) is 23.8. The summed E-state index contributed by atoms with van der Waals surface area (Å²) in [4.78, 5) is 2.50. The molecule has 8 aromatic carbocycles. The van der Waals surface area contributed by atoms with E-state index in [9.17, 15) is 0 Å². The van der Waals surface area contributed by atoms with Gasteiger partial charge in [0, 0.05) is 26.4 Å². The molecule has 0 atom stereocenters. The number of fused-ring (bicyclic) bond motifs is 4. The number of rotatable bonds is 6. The lowest BCUT2D eigenvalue weighted by Gasteiger charge is -2.30. The van der Waals surface area contributed by atoms with Gasteiger partial charge in [0.2, 0.25) is 0 Å². The maximum atomic E-state index is 2.50. The zero-order chi connectivity index (χ0) is 31.9. The minimum atomic E-state index is 1.14. The Morgan fingerprint density at radius 2 is 0.812 bits per heavy atom. The van der Waals surface area contributed by atoms with E-state index in [1.54, 1.807) is 0 Å². The molecule has 0 bridgehead atoms. The van der Waals surface area contributed by atoms with Crippen molar-refractivity contribution in [3.05, 3.63) is 188 Å². The van der Waals surface area contributed by atoms with Gasteiger partial charge in [0.05, 0.1) is 21.8 Å². The first-order valence-electron chi connectivity index (χ1n) is 16.4. The highest BCUT2D eigenvalue weighted by Gasteiger charge is 2.23. The minimum absolute atomic E-state index is 1.14. The molecule has 0 saturated heterocycles. The monoisotopic (exact) mass is 629 g/mol. The van der Waals surface area contributed by atoms with Gasteiger partial charge in [-0.2, -0.15) is 0 Å². The molecule has 226 valence electrons. The second-order valence-electron chi connectivity index (χ2n) is 12.1. The maximum absolute atomic E-state index is 2.50. The summed E-state index contributed by atoms with van der Waals surface area (Å²) in [6.45, 7) is 0. The summed E-state index contributed by atoms with van der Waals surface area (Å²) in [5.74, 6) is 0. The fraction of sp³-hybridized carbons (Fsp3) is 0. The van der Waals surface area contributed by atoms with E-state index in [4.69, 9.17) is 0 Å². The van der Waals surface area contributed by atoms with Crippen LogP contribution in [0.3, 0.4) is 0 Å². The lowest BCUT2D eigenvalue weighted by molar-refractivity contribution is 1.32. The number of hydrogen-bond donors (Lipinski definition) is 0. The van der Waals surface area contributed by atoms with E-state index in [1.165, 1.54) is 70.0 Å². The highest BCUT2D eigenvalue weighted by atomic mass is 32.1. The molecule has 0 radical (unpaired) electrons. The zero-order valence-electron chi connectivity index (χ0n) is 26.3. The second-order valence-corrected chi connectivity index (χ2v) is 13.1. The summed E-state index contributed by atoms with van der Waals surface area (Å²) in [6, 6.07) is 68.1. The van der Waals surface area contributed by atoms with E-state index >= 15 is 0 Å². The molecule has 0 aliphatic heterocycles. The van der Waals surface area contributed by atoms with Crippen LogP contribution in [0.4, 0.5) is 17.1 Å². The van der Waals surface area contributed by atoms with Crippen molar-refractivity contribution in [2.24, 2.45) is 0 Å². The molecule has 0 spiro atoms. The van der Waals surface area contributed by atoms with Gasteiger partial charge in [-0.25, -0.2) is 0 Å². The molecule has 0 aliphatic rings. The fourth-order valence-corrected chi connectivity index (χ4v) is 8.34. The maximum Gasteiger partial charge on any atom is 0.0640 e. The molecule has 0 fully saturated rings. The van der Waals surface area contributed by atoms with Gasteiger partial charge >= 0.3 is 0 Å². The number of para-hydroxylation sites is 1. The van der Waals surface area contributed by atoms with Crippen molar-refractivity contribution in [2.75, 3.05) is 4.90 Å². The van der Waals surface area contributed by atoms with Crippen LogP contribution in [0.2, 0.25) is 0 Å². The normalized spacial score (nSPS) is 11.3. The summed E-state index contributed by atoms with van der Waals surface area (Å²) in [6.07, 6.45) is 0. The van der Waals surface area contributed by atoms with Crippen LogP contribution in [-0.4, -0.2) is 0 Å². The van der Waals surface area contributed by atoms with E-state index in [2.05, 4.69) is 193 Å². The first-order valence-corrected chi connectivity index (χ1v) is 17.2. The van der Waals surface area contributed by atoms with Crippen molar-refractivity contribution in [2.45, 2.75) is 0 Å². The van der Waals surface area contributed by atoms with Crippen molar-refractivity contribution in [1.29, 1.82) is 0 Å². The average molecular weight is 630 g/mol. The lowest BCUT2D eigenvalue weighted by Crippen LogP contribution is -2.12. The van der Waals surface area contributed by atoms with Crippen LogP contribution in [0.25, 0.3) is 64.3 Å². The molecule has 1 nitrogen and oxygen atoms in total. The number of hydrogen-bond acceptors (Lipinski definition) is 2. The Kier molecular flexibility index (Phi) is 7.07. The van der Waals surface area contributed by atoms with Gasteiger partial charge in [-0.15, -0.1) is 11.3 Å². The Morgan fingerprint density at radius 3 is 1.62 bits per heavy atom. The van der Waals surface area contributed by atoms with E-state index in [-0.39, 0.29) is 0 Å². The Labute approximate surface area is 284 Å². The van der Waals surface area contributed by atoms with E-state index in [1.807, 2.05) is 11.3 Å². The van der Waals surface area contributed by atoms with Crippen LogP contribution in [-0.2, 0) is 0 Å². The highest BCUT2D eigenvalue weighted by Crippen LogP contribution is 2.50. The molecule has 0 N–H and O–H groups in total. The molecule has 9 aromatic rings. The third kappa shape index (κ3) is 4.78. The van der Waals surface area contributed by atoms with Crippen LogP contribution in [0.1, 0.15) is 0 Å². The summed E-state index contributed by atoms with van der Waals surface area (Å²) in [5, 5.41) is 5.02. The predicted octanol–water partition coefficient (Wildman–Crippen LogP) is 13.7. The predicted molar refractivity (Wildman–Crippen MR) is 208 cm³/mol. The Balaban J connectivity index is 1.33. The number of nitrogens with zero attached hydrogens (tertiary/aromatic N) is 1. The molecule has 1 heterocycles. The van der Waals surface area contributed by atoms with Gasteiger partial charge in [0.15, 0.2) is 0 Å². The Hall–Kier alpha value is -5.96. The standard InChI is InChI=1S/C46H31NS/c1-2-16-32(17-3-1)34-20-6-7-22-36(34)37-23-8-9-24-38(37)39-25-10-12-28-43(39)47(42-29-14-19-33-18-4-5-21-35(33)42)44-30-15-27-41-40-26-11-13-31-45(40)48-46(41)44/h1-31H. The average Bonchev–Trinajstić information content (AvgIpc) is 3.55. The van der Waals surface area contributed by atoms with E-state index in [0.29, 0.717) is 0 Å². The van der Waals surface area contributed by atoms with Crippen molar-refractivity contribution in [1.82, 2.24) is 0 Å². The second kappa shape index (κ2) is 12.0. The van der Waals surface area contributed by atoms with Crippen LogP contribution < -0.4 is 4.90 Å². The summed E-state index contributed by atoms with van der Waals surface area (Å²) < 4.78 is 2.58. The number of anilines is 3. The van der Waals surface area contributed by atoms with Gasteiger partial charge in [0.1, 0.15) is 0 Å². The van der Waals surface area contributed by atoms with Gasteiger partial charge in [-0.05, 0) is 57.5 Å². The summed E-state index contributed by atoms with van der Waals surface area (Å²) >= 11 is 1.87. The molecule has 1 aromatic heterocycles. The molecule has 0 aliphatic carbocycles. The largest absolute Gasteiger partial charge is 0.308 e. The number of benzene rings is 8. The molecular weight excluding hydrogens is 599 g/mol. The van der Waals surface area contributed by atoms with Gasteiger partial charge in [-0.1, -0.05) is 164 Å². The Morgan fingerprint density at radius 1 is 0.312 bits per heavy atom. The molecule has 9 rings (SSSR count). The van der Waals surface area contributed by atoms with Crippen molar-refractivity contribution >= 4 is 59.3 Å². The Bertz CT molecular complexity index is 2570. The third-order valence-corrected chi connectivity index (χ3v) is 10.5. The minimum Gasteiger partial charge on any atom is -0.308 e. The lowest BCUT2D eigenvalue weighted by atomic mass is 9.88. The topological polar surface area (TPSA) is 3.24 Å². The van der Waals surface area contributed by atoms with E-state index in [0.717, 1.165) is 11.4 Å². The smallest absolute Gasteiger partial charge is 0.0640 e. The SMILES string of the molecule is c1ccc(-c2ccccc2-c2ccccc2-c2ccccc2N(c2cccc3ccccc23)c2cccc3c2sc2ccccc23)cc1. The summed E-state index contributed by atoms with van der Waals surface area (Å²) in [5.41, 5.74) is 10.7. The molecule has 0 saturated carbocycles. The molecular formula is C46H31NS. The quantitative estimate of drug-likeness (QED) is 0.177. The zero-order valence-corrected chi connectivity index (χ0v) is 27.1. The molecule has 48 heavy (non-hydrogen) atoms. The van der Waals surface area contributed by atoms with Crippen molar-refractivity contribution in [3.63, 3.8) is 0 Å².